The minimum atomic E-state index is 0. The second kappa shape index (κ2) is 11.3. The minimum absolute atomic E-state index is 0. The van der Waals surface area contributed by atoms with E-state index in [0.29, 0.717) is 0 Å². The standard InChI is InChI=1S/C21H31N3OS.HI/c1-3-22-20(23-17-21(26-2)11-15-25-16-12-21)24-13-9-19(10-14-24)18-7-5-4-6-8-18;/h4-9H,3,10-17H2,1-2H3,(H,22,23);1H. The Morgan fingerprint density at radius 2 is 2.00 bits per heavy atom. The molecule has 3 rings (SSSR count). The molecule has 0 bridgehead atoms. The molecular formula is C21H32IN3OS. The lowest BCUT2D eigenvalue weighted by atomic mass is 9.99. The molecule has 0 atom stereocenters. The van der Waals surface area contributed by atoms with Crippen LogP contribution in [0.25, 0.3) is 5.57 Å². The third kappa shape index (κ3) is 6.12. The van der Waals surface area contributed by atoms with Crippen molar-refractivity contribution in [2.24, 2.45) is 4.99 Å². The molecule has 0 spiro atoms. The lowest BCUT2D eigenvalue weighted by Crippen LogP contribution is -2.45. The van der Waals surface area contributed by atoms with Gasteiger partial charge in [-0.3, -0.25) is 4.99 Å². The molecular weight excluding hydrogens is 469 g/mol. The van der Waals surface area contributed by atoms with Crippen LogP contribution in [0.5, 0.6) is 0 Å². The Labute approximate surface area is 185 Å². The summed E-state index contributed by atoms with van der Waals surface area (Å²) >= 11 is 1.95. The van der Waals surface area contributed by atoms with E-state index in [9.17, 15) is 0 Å². The van der Waals surface area contributed by atoms with Crippen LogP contribution in [0.15, 0.2) is 41.4 Å². The number of nitrogens with one attached hydrogen (secondary N) is 1. The molecule has 0 radical (unpaired) electrons. The Morgan fingerprint density at radius 1 is 1.26 bits per heavy atom. The molecule has 1 aromatic rings. The average Bonchev–Trinajstić information content (AvgIpc) is 2.72. The summed E-state index contributed by atoms with van der Waals surface area (Å²) in [6, 6.07) is 10.7. The summed E-state index contributed by atoms with van der Waals surface area (Å²) in [5.41, 5.74) is 2.79. The van der Waals surface area contributed by atoms with Crippen LogP contribution in [0.1, 0.15) is 31.7 Å². The topological polar surface area (TPSA) is 36.9 Å². The van der Waals surface area contributed by atoms with Crippen molar-refractivity contribution in [1.82, 2.24) is 10.2 Å². The van der Waals surface area contributed by atoms with Crippen molar-refractivity contribution >= 4 is 47.3 Å². The first-order valence-electron chi connectivity index (χ1n) is 9.67. The van der Waals surface area contributed by atoms with E-state index in [0.717, 1.165) is 64.6 Å². The highest BCUT2D eigenvalue weighted by Crippen LogP contribution is 2.34. The Kier molecular flexibility index (Phi) is 9.45. The van der Waals surface area contributed by atoms with E-state index >= 15 is 0 Å². The monoisotopic (exact) mass is 501 g/mol. The second-order valence-corrected chi connectivity index (χ2v) is 8.24. The van der Waals surface area contributed by atoms with Gasteiger partial charge in [-0.2, -0.15) is 11.8 Å². The van der Waals surface area contributed by atoms with E-state index in [2.05, 4.69) is 59.8 Å². The van der Waals surface area contributed by atoms with Gasteiger partial charge < -0.3 is 15.0 Å². The molecule has 2 aliphatic rings. The van der Waals surface area contributed by atoms with Gasteiger partial charge in [0.2, 0.25) is 0 Å². The van der Waals surface area contributed by atoms with Crippen LogP contribution in [0.4, 0.5) is 0 Å². The lowest BCUT2D eigenvalue weighted by molar-refractivity contribution is 0.0793. The number of hydrogen-bond donors (Lipinski definition) is 1. The fraction of sp³-hybridized carbons (Fsp3) is 0.571. The van der Waals surface area contributed by atoms with Gasteiger partial charge in [0.1, 0.15) is 0 Å². The maximum atomic E-state index is 5.56. The van der Waals surface area contributed by atoms with Crippen molar-refractivity contribution in [3.8, 4) is 0 Å². The van der Waals surface area contributed by atoms with Crippen LogP contribution in [0, 0.1) is 0 Å². The van der Waals surface area contributed by atoms with Crippen LogP contribution in [-0.2, 0) is 4.74 Å². The average molecular weight is 501 g/mol. The zero-order valence-corrected chi connectivity index (χ0v) is 19.6. The summed E-state index contributed by atoms with van der Waals surface area (Å²) in [5, 5.41) is 3.49. The fourth-order valence-electron chi connectivity index (χ4n) is 3.59. The summed E-state index contributed by atoms with van der Waals surface area (Å²) in [6.45, 7) is 7.57. The van der Waals surface area contributed by atoms with Crippen molar-refractivity contribution in [3.63, 3.8) is 0 Å². The highest BCUT2D eigenvalue weighted by atomic mass is 127. The number of guanidine groups is 1. The fourth-order valence-corrected chi connectivity index (χ4v) is 4.36. The van der Waals surface area contributed by atoms with Gasteiger partial charge in [-0.25, -0.2) is 0 Å². The predicted molar refractivity (Wildman–Crippen MR) is 128 cm³/mol. The number of nitrogens with zero attached hydrogens (tertiary/aromatic N) is 2. The van der Waals surface area contributed by atoms with Crippen molar-refractivity contribution in [3.05, 3.63) is 42.0 Å². The Bertz CT molecular complexity index is 630. The van der Waals surface area contributed by atoms with Crippen molar-refractivity contribution in [2.75, 3.05) is 45.6 Å². The maximum absolute atomic E-state index is 5.56. The van der Waals surface area contributed by atoms with Crippen LogP contribution < -0.4 is 5.32 Å². The van der Waals surface area contributed by atoms with E-state index in [-0.39, 0.29) is 28.7 Å². The molecule has 1 fully saturated rings. The van der Waals surface area contributed by atoms with Gasteiger partial charge >= 0.3 is 0 Å². The molecule has 0 unspecified atom stereocenters. The third-order valence-corrected chi connectivity index (χ3v) is 6.75. The van der Waals surface area contributed by atoms with Crippen LogP contribution in [0.3, 0.4) is 0 Å². The molecule has 1 aromatic carbocycles. The Hall–Kier alpha value is -0.730. The zero-order valence-electron chi connectivity index (χ0n) is 16.4. The zero-order chi connectivity index (χ0) is 18.2. The van der Waals surface area contributed by atoms with Gasteiger partial charge in [-0.05, 0) is 43.6 Å². The molecule has 0 aromatic heterocycles. The van der Waals surface area contributed by atoms with E-state index in [1.165, 1.54) is 11.1 Å². The van der Waals surface area contributed by atoms with Gasteiger partial charge in [-0.1, -0.05) is 36.4 Å². The molecule has 150 valence electrons. The summed E-state index contributed by atoms with van der Waals surface area (Å²) in [5.74, 6) is 1.05. The third-order valence-electron chi connectivity index (χ3n) is 5.34. The van der Waals surface area contributed by atoms with Crippen LogP contribution >= 0.6 is 35.7 Å². The molecule has 1 N–H and O–H groups in total. The van der Waals surface area contributed by atoms with E-state index in [4.69, 9.17) is 9.73 Å². The van der Waals surface area contributed by atoms with E-state index in [1.807, 2.05) is 11.8 Å². The largest absolute Gasteiger partial charge is 0.381 e. The first-order valence-corrected chi connectivity index (χ1v) is 10.9. The first-order chi connectivity index (χ1) is 12.8. The summed E-state index contributed by atoms with van der Waals surface area (Å²) < 4.78 is 5.79. The molecule has 4 nitrogen and oxygen atoms in total. The molecule has 2 aliphatic heterocycles. The summed E-state index contributed by atoms with van der Waals surface area (Å²) in [4.78, 5) is 7.41. The minimum Gasteiger partial charge on any atom is -0.381 e. The van der Waals surface area contributed by atoms with Crippen molar-refractivity contribution < 1.29 is 4.74 Å². The highest BCUT2D eigenvalue weighted by Gasteiger charge is 2.32. The van der Waals surface area contributed by atoms with Gasteiger partial charge in [0.05, 0.1) is 6.54 Å². The predicted octanol–water partition coefficient (Wildman–Crippen LogP) is 4.27. The number of thioether (sulfide) groups is 1. The Morgan fingerprint density at radius 3 is 2.59 bits per heavy atom. The number of aliphatic imine (C=N–C) groups is 1. The quantitative estimate of drug-likeness (QED) is 0.372. The smallest absolute Gasteiger partial charge is 0.194 e. The molecule has 27 heavy (non-hydrogen) atoms. The lowest BCUT2D eigenvalue weighted by Gasteiger charge is -2.35. The maximum Gasteiger partial charge on any atom is 0.194 e. The number of ether oxygens (including phenoxy) is 1. The molecule has 1 saturated heterocycles. The number of halogens is 1. The van der Waals surface area contributed by atoms with Crippen molar-refractivity contribution in [2.45, 2.75) is 30.9 Å². The first kappa shape index (κ1) is 22.6. The highest BCUT2D eigenvalue weighted by molar-refractivity contribution is 14.0. The van der Waals surface area contributed by atoms with Crippen LogP contribution in [-0.4, -0.2) is 61.3 Å². The van der Waals surface area contributed by atoms with Crippen LogP contribution in [0.2, 0.25) is 0 Å². The van der Waals surface area contributed by atoms with Gasteiger partial charge in [0.15, 0.2) is 5.96 Å². The summed E-state index contributed by atoms with van der Waals surface area (Å²) in [6.07, 6.45) is 7.81. The van der Waals surface area contributed by atoms with Gasteiger partial charge in [0, 0.05) is 37.6 Å². The summed E-state index contributed by atoms with van der Waals surface area (Å²) in [7, 11) is 0. The molecule has 0 saturated carbocycles. The number of hydrogen-bond acceptors (Lipinski definition) is 3. The van der Waals surface area contributed by atoms with E-state index < -0.39 is 0 Å². The SMILES string of the molecule is CCNC(=NCC1(SC)CCOCC1)N1CC=C(c2ccccc2)CC1.I. The number of benzene rings is 1. The normalized spacial score (nSPS) is 19.9. The Balaban J connectivity index is 0.00000261. The van der Waals surface area contributed by atoms with Gasteiger partial charge in [-0.15, -0.1) is 24.0 Å². The second-order valence-electron chi connectivity index (χ2n) is 6.96. The molecule has 6 heteroatoms. The van der Waals surface area contributed by atoms with Crippen molar-refractivity contribution in [1.29, 1.82) is 0 Å². The number of rotatable bonds is 5. The van der Waals surface area contributed by atoms with Gasteiger partial charge in [0.25, 0.3) is 0 Å². The molecule has 0 amide bonds. The molecule has 2 heterocycles. The molecule has 0 aliphatic carbocycles. The van der Waals surface area contributed by atoms with E-state index in [1.54, 1.807) is 0 Å².